The van der Waals surface area contributed by atoms with E-state index in [2.05, 4.69) is 5.73 Å². The zero-order valence-corrected chi connectivity index (χ0v) is 17.0. The predicted molar refractivity (Wildman–Crippen MR) is 95.9 cm³/mol. The summed E-state index contributed by atoms with van der Waals surface area (Å²) in [5.74, 6) is 0. The Morgan fingerprint density at radius 2 is 1.65 bits per heavy atom. The smallest absolute Gasteiger partial charge is 0.301 e. The molecule has 8 heteroatoms. The molecule has 0 N–H and O–H groups in total. The Kier molecular flexibility index (Phi) is 6.38. The molecule has 128 valence electrons. The van der Waals surface area contributed by atoms with Crippen LogP contribution in [-0.2, 0) is 23.1 Å². The van der Waals surface area contributed by atoms with Crippen molar-refractivity contribution >= 4 is 31.1 Å². The minimum absolute atomic E-state index is 0.286. The monoisotopic (exact) mass is 374 g/mol. The first kappa shape index (κ1) is 20.1. The summed E-state index contributed by atoms with van der Waals surface area (Å²) in [6, 6.07) is 8.24. The van der Waals surface area contributed by atoms with Crippen LogP contribution in [0.3, 0.4) is 0 Å². The molecular weight excluding hydrogens is 351 g/mol. The van der Waals surface area contributed by atoms with Crippen molar-refractivity contribution in [2.45, 2.75) is 33.5 Å². The third-order valence-electron chi connectivity index (χ3n) is 2.57. The average Bonchev–Trinajstić information content (AvgIpc) is 2.42. The fourth-order valence-electron chi connectivity index (χ4n) is 1.80. The topological polar surface area (TPSA) is 69.7 Å². The van der Waals surface area contributed by atoms with Crippen LogP contribution in [-0.4, -0.2) is 23.8 Å². The zero-order valence-electron chi connectivity index (χ0n) is 14.3. The van der Waals surface area contributed by atoms with Crippen molar-refractivity contribution in [3.05, 3.63) is 46.3 Å². The lowest BCUT2D eigenvalue weighted by molar-refractivity contribution is 0.409. The van der Waals surface area contributed by atoms with Gasteiger partial charge in [0.15, 0.2) is 0 Å². The molecule has 0 aliphatic carbocycles. The standard InChI is InChI=1S/C15H23O5PSSi/c1-13(2)12-15(22(17,18)20-23(4,5)6)21(16,19-3)14-10-8-7-9-11-14/h7-11H,1-6H3. The van der Waals surface area contributed by atoms with Crippen LogP contribution in [0, 0.1) is 0 Å². The summed E-state index contributed by atoms with van der Waals surface area (Å²) in [6.45, 7) is 8.57. The van der Waals surface area contributed by atoms with E-state index in [1.54, 1.807) is 63.8 Å². The fraction of sp³-hybridized carbons (Fsp3) is 0.400. The first-order valence-corrected chi connectivity index (χ1v) is 13.5. The fourth-order valence-corrected chi connectivity index (χ4v) is 8.67. The lowest BCUT2D eigenvalue weighted by Crippen LogP contribution is -2.30. The lowest BCUT2D eigenvalue weighted by atomic mass is 10.4. The van der Waals surface area contributed by atoms with Crippen LogP contribution in [0.1, 0.15) is 13.8 Å². The van der Waals surface area contributed by atoms with Gasteiger partial charge in [0.2, 0.25) is 13.0 Å². The van der Waals surface area contributed by atoms with Gasteiger partial charge in [0, 0.05) is 12.4 Å². The molecule has 0 radical (unpaired) electrons. The van der Waals surface area contributed by atoms with Crippen molar-refractivity contribution in [1.29, 1.82) is 0 Å². The molecule has 1 aromatic rings. The zero-order chi connectivity index (χ0) is 17.9. The molecule has 0 amide bonds. The second kappa shape index (κ2) is 7.30. The minimum atomic E-state index is -4.23. The highest BCUT2D eigenvalue weighted by Crippen LogP contribution is 2.55. The van der Waals surface area contributed by atoms with E-state index in [0.717, 1.165) is 0 Å². The number of hydrogen-bond donors (Lipinski definition) is 0. The Morgan fingerprint density at radius 3 is 2.04 bits per heavy atom. The summed E-state index contributed by atoms with van der Waals surface area (Å²) in [4.78, 5) is 0. The van der Waals surface area contributed by atoms with Crippen LogP contribution >= 0.6 is 7.37 Å². The van der Waals surface area contributed by atoms with E-state index in [9.17, 15) is 13.0 Å². The second-order valence-electron chi connectivity index (χ2n) is 6.15. The van der Waals surface area contributed by atoms with Crippen LogP contribution in [0.4, 0.5) is 0 Å². The van der Waals surface area contributed by atoms with E-state index in [4.69, 9.17) is 8.40 Å². The lowest BCUT2D eigenvalue weighted by Gasteiger charge is -2.22. The molecule has 0 aliphatic heterocycles. The SMILES string of the molecule is COP(=O)(C(=C=C(C)C)S(=O)(=O)O[Si](C)(C)C)c1ccccc1. The summed E-state index contributed by atoms with van der Waals surface area (Å²) in [7, 11) is -9.27. The molecule has 0 bridgehead atoms. The first-order valence-electron chi connectivity index (χ1n) is 7.04. The summed E-state index contributed by atoms with van der Waals surface area (Å²) in [5, 5.41) is 0.286. The third kappa shape index (κ3) is 5.28. The van der Waals surface area contributed by atoms with Gasteiger partial charge in [-0.25, -0.2) is 0 Å². The molecule has 0 fully saturated rings. The first-order chi connectivity index (χ1) is 10.4. The summed E-state index contributed by atoms with van der Waals surface area (Å²) >= 11 is 0. The molecule has 1 rings (SSSR count). The Balaban J connectivity index is 3.69. The number of rotatable bonds is 6. The number of allylic oxidation sites excluding steroid dienone is 1. The highest BCUT2D eigenvalue weighted by Gasteiger charge is 2.41. The highest BCUT2D eigenvalue weighted by molar-refractivity contribution is 8.02. The Hall–Kier alpha value is -0.943. The van der Waals surface area contributed by atoms with Crippen molar-refractivity contribution in [3.63, 3.8) is 0 Å². The van der Waals surface area contributed by atoms with Gasteiger partial charge in [0.1, 0.15) is 0 Å². The molecule has 0 saturated carbocycles. The molecule has 1 atom stereocenters. The molecule has 0 aliphatic rings. The van der Waals surface area contributed by atoms with Gasteiger partial charge in [-0.15, -0.1) is 0 Å². The minimum Gasteiger partial charge on any atom is -0.324 e. The summed E-state index contributed by atoms with van der Waals surface area (Å²) < 4.78 is 48.8. The summed E-state index contributed by atoms with van der Waals surface area (Å²) in [5.41, 5.74) is 3.25. The van der Waals surface area contributed by atoms with Gasteiger partial charge in [-0.05, 0) is 51.2 Å². The maximum atomic E-state index is 13.4. The second-order valence-corrected chi connectivity index (χ2v) is 15.1. The molecule has 0 spiro atoms. The van der Waals surface area contributed by atoms with E-state index in [1.807, 2.05) is 0 Å². The molecule has 0 heterocycles. The van der Waals surface area contributed by atoms with Crippen LogP contribution in [0.25, 0.3) is 0 Å². The Bertz CT molecular complexity index is 768. The molecule has 0 aromatic heterocycles. The highest BCUT2D eigenvalue weighted by atomic mass is 32.2. The van der Waals surface area contributed by atoms with Crippen LogP contribution in [0.15, 0.2) is 46.3 Å². The quantitative estimate of drug-likeness (QED) is 0.430. The van der Waals surface area contributed by atoms with E-state index in [1.165, 1.54) is 7.11 Å². The summed E-state index contributed by atoms with van der Waals surface area (Å²) in [6.07, 6.45) is 0. The number of hydrogen-bond acceptors (Lipinski definition) is 5. The molecule has 5 nitrogen and oxygen atoms in total. The van der Waals surface area contributed by atoms with E-state index in [-0.39, 0.29) is 5.30 Å². The van der Waals surface area contributed by atoms with E-state index in [0.29, 0.717) is 5.57 Å². The van der Waals surface area contributed by atoms with Gasteiger partial charge >= 0.3 is 10.1 Å². The van der Waals surface area contributed by atoms with Gasteiger partial charge in [-0.3, -0.25) is 4.57 Å². The molecule has 1 aromatic carbocycles. The third-order valence-corrected chi connectivity index (χ3v) is 9.56. The Morgan fingerprint density at radius 1 is 1.13 bits per heavy atom. The van der Waals surface area contributed by atoms with Gasteiger partial charge in [-0.1, -0.05) is 23.9 Å². The van der Waals surface area contributed by atoms with E-state index >= 15 is 0 Å². The van der Waals surface area contributed by atoms with Crippen molar-refractivity contribution < 1.29 is 21.4 Å². The van der Waals surface area contributed by atoms with Crippen molar-refractivity contribution in [1.82, 2.24) is 0 Å². The van der Waals surface area contributed by atoms with Crippen molar-refractivity contribution in [3.8, 4) is 0 Å². The van der Waals surface area contributed by atoms with Crippen LogP contribution < -0.4 is 5.30 Å². The normalized spacial score (nSPS) is 14.7. The molecule has 1 unspecified atom stereocenters. The van der Waals surface area contributed by atoms with Crippen molar-refractivity contribution in [2.75, 3.05) is 7.11 Å². The van der Waals surface area contributed by atoms with Gasteiger partial charge in [0.05, 0.1) is 0 Å². The van der Waals surface area contributed by atoms with Gasteiger partial charge in [-0.2, -0.15) is 8.42 Å². The average molecular weight is 374 g/mol. The maximum Gasteiger partial charge on any atom is 0.301 e. The largest absolute Gasteiger partial charge is 0.324 e. The molecular formula is C15H23O5PSSi. The van der Waals surface area contributed by atoms with Crippen LogP contribution in [0.5, 0.6) is 0 Å². The van der Waals surface area contributed by atoms with Gasteiger partial charge < -0.3 is 8.40 Å². The Labute approximate surface area is 139 Å². The molecule has 0 saturated heterocycles. The number of benzene rings is 1. The predicted octanol–water partition coefficient (Wildman–Crippen LogP) is 3.82. The maximum absolute atomic E-state index is 13.4. The molecule has 23 heavy (non-hydrogen) atoms. The van der Waals surface area contributed by atoms with E-state index < -0.39 is 30.5 Å². The van der Waals surface area contributed by atoms with Gasteiger partial charge in [0.25, 0.3) is 7.37 Å². The van der Waals surface area contributed by atoms with Crippen molar-refractivity contribution in [2.24, 2.45) is 0 Å². The van der Waals surface area contributed by atoms with Crippen LogP contribution in [0.2, 0.25) is 19.6 Å².